The molecule has 0 radical (unpaired) electrons. The lowest BCUT2D eigenvalue weighted by Gasteiger charge is -2.14. The summed E-state index contributed by atoms with van der Waals surface area (Å²) in [5, 5.41) is 9.07. The lowest BCUT2D eigenvalue weighted by atomic mass is 9.87. The zero-order chi connectivity index (χ0) is 11.0. The summed E-state index contributed by atoms with van der Waals surface area (Å²) in [6.45, 7) is 8.25. The summed E-state index contributed by atoms with van der Waals surface area (Å²) in [5.41, 5.74) is 0.947. The molecule has 1 atom stereocenters. The average Bonchev–Trinajstić information content (AvgIpc) is 2.15. The van der Waals surface area contributed by atoms with Crippen molar-refractivity contribution in [3.05, 3.63) is 23.8 Å². The van der Waals surface area contributed by atoms with Gasteiger partial charge in [0.1, 0.15) is 0 Å². The summed E-state index contributed by atoms with van der Waals surface area (Å²) in [6, 6.07) is 2.36. The molecule has 0 N–H and O–H groups in total. The van der Waals surface area contributed by atoms with Crippen LogP contribution in [0.1, 0.15) is 47.0 Å². The highest BCUT2D eigenvalue weighted by atomic mass is 14.3. The molecule has 1 nitrogen and oxygen atoms in total. The summed E-state index contributed by atoms with van der Waals surface area (Å²) < 4.78 is 0. The standard InChI is InChI=1S/C13H21N/c1-5-6-7-9-13(4,11-14)10-8-12(2)3/h7-9H,5-6,10H2,1-4H3. The van der Waals surface area contributed by atoms with Gasteiger partial charge in [-0.05, 0) is 33.6 Å². The molecule has 0 aliphatic rings. The van der Waals surface area contributed by atoms with Gasteiger partial charge in [0.05, 0.1) is 11.5 Å². The Hall–Kier alpha value is -1.03. The summed E-state index contributed by atoms with van der Waals surface area (Å²) >= 11 is 0. The van der Waals surface area contributed by atoms with Gasteiger partial charge in [0.2, 0.25) is 0 Å². The third-order valence-corrected chi connectivity index (χ3v) is 2.13. The van der Waals surface area contributed by atoms with Crippen LogP contribution in [-0.2, 0) is 0 Å². The maximum absolute atomic E-state index is 9.07. The van der Waals surface area contributed by atoms with Gasteiger partial charge in [-0.25, -0.2) is 0 Å². The van der Waals surface area contributed by atoms with Gasteiger partial charge in [-0.1, -0.05) is 37.1 Å². The first-order chi connectivity index (χ1) is 6.54. The first kappa shape index (κ1) is 13.0. The maximum Gasteiger partial charge on any atom is 0.0759 e. The minimum absolute atomic E-state index is 0.327. The van der Waals surface area contributed by atoms with Crippen molar-refractivity contribution >= 4 is 0 Å². The van der Waals surface area contributed by atoms with Crippen molar-refractivity contribution in [3.8, 4) is 6.07 Å². The van der Waals surface area contributed by atoms with Gasteiger partial charge < -0.3 is 0 Å². The van der Waals surface area contributed by atoms with Crippen LogP contribution < -0.4 is 0 Å². The highest BCUT2D eigenvalue weighted by Gasteiger charge is 2.17. The van der Waals surface area contributed by atoms with E-state index in [1.807, 2.05) is 13.0 Å². The lowest BCUT2D eigenvalue weighted by Crippen LogP contribution is -2.08. The van der Waals surface area contributed by atoms with Gasteiger partial charge >= 0.3 is 0 Å². The largest absolute Gasteiger partial charge is 0.197 e. The van der Waals surface area contributed by atoms with Gasteiger partial charge in [-0.15, -0.1) is 0 Å². The molecule has 0 aliphatic heterocycles. The molecule has 0 saturated carbocycles. The second-order valence-corrected chi connectivity index (χ2v) is 4.21. The van der Waals surface area contributed by atoms with Crippen LogP contribution in [0.4, 0.5) is 0 Å². The molecule has 0 fully saturated rings. The molecule has 0 rings (SSSR count). The second kappa shape index (κ2) is 6.43. The summed E-state index contributed by atoms with van der Waals surface area (Å²) in [7, 11) is 0. The van der Waals surface area contributed by atoms with E-state index in [0.717, 1.165) is 19.3 Å². The monoisotopic (exact) mass is 191 g/mol. The fourth-order valence-electron chi connectivity index (χ4n) is 1.08. The van der Waals surface area contributed by atoms with Crippen molar-refractivity contribution in [2.24, 2.45) is 5.41 Å². The molecular formula is C13H21N. The molecule has 1 heteroatoms. The van der Waals surface area contributed by atoms with E-state index in [2.05, 4.69) is 39.0 Å². The Morgan fingerprint density at radius 2 is 2.07 bits per heavy atom. The van der Waals surface area contributed by atoms with Gasteiger partial charge in [0.25, 0.3) is 0 Å². The van der Waals surface area contributed by atoms with Crippen LogP contribution in [-0.4, -0.2) is 0 Å². The molecule has 0 saturated heterocycles. The average molecular weight is 191 g/mol. The summed E-state index contributed by atoms with van der Waals surface area (Å²) in [4.78, 5) is 0. The predicted molar refractivity (Wildman–Crippen MR) is 61.8 cm³/mol. The second-order valence-electron chi connectivity index (χ2n) is 4.21. The van der Waals surface area contributed by atoms with Crippen molar-refractivity contribution in [1.82, 2.24) is 0 Å². The topological polar surface area (TPSA) is 23.8 Å². The van der Waals surface area contributed by atoms with Crippen molar-refractivity contribution in [2.45, 2.75) is 47.0 Å². The zero-order valence-corrected chi connectivity index (χ0v) is 9.80. The normalized spacial score (nSPS) is 14.8. The van der Waals surface area contributed by atoms with Crippen LogP contribution in [0.25, 0.3) is 0 Å². The van der Waals surface area contributed by atoms with Crippen LogP contribution in [0.15, 0.2) is 23.8 Å². The Balaban J connectivity index is 4.34. The SMILES string of the molecule is CCCC=CC(C)(C#N)CC=C(C)C. The van der Waals surface area contributed by atoms with Crippen molar-refractivity contribution < 1.29 is 0 Å². The van der Waals surface area contributed by atoms with E-state index in [-0.39, 0.29) is 5.41 Å². The molecule has 0 amide bonds. The highest BCUT2D eigenvalue weighted by Crippen LogP contribution is 2.23. The molecule has 0 bridgehead atoms. The fraction of sp³-hybridized carbons (Fsp3) is 0.615. The summed E-state index contributed by atoms with van der Waals surface area (Å²) in [6.07, 6.45) is 9.29. The van der Waals surface area contributed by atoms with E-state index >= 15 is 0 Å². The van der Waals surface area contributed by atoms with Gasteiger partial charge in [0.15, 0.2) is 0 Å². The number of hydrogen-bond donors (Lipinski definition) is 0. The zero-order valence-electron chi connectivity index (χ0n) is 9.80. The minimum atomic E-state index is -0.327. The number of nitrogens with zero attached hydrogens (tertiary/aromatic N) is 1. The van der Waals surface area contributed by atoms with Crippen molar-refractivity contribution in [2.75, 3.05) is 0 Å². The molecule has 0 aromatic carbocycles. The Morgan fingerprint density at radius 1 is 1.43 bits per heavy atom. The van der Waals surface area contributed by atoms with Crippen LogP contribution >= 0.6 is 0 Å². The third kappa shape index (κ3) is 5.59. The molecule has 78 valence electrons. The van der Waals surface area contributed by atoms with E-state index in [1.54, 1.807) is 0 Å². The highest BCUT2D eigenvalue weighted by molar-refractivity contribution is 5.14. The Labute approximate surface area is 88.1 Å². The quantitative estimate of drug-likeness (QED) is 0.596. The first-order valence-electron chi connectivity index (χ1n) is 5.26. The van der Waals surface area contributed by atoms with Crippen molar-refractivity contribution in [3.63, 3.8) is 0 Å². The lowest BCUT2D eigenvalue weighted by molar-refractivity contribution is 0.574. The fourth-order valence-corrected chi connectivity index (χ4v) is 1.08. The van der Waals surface area contributed by atoms with Crippen LogP contribution in [0.3, 0.4) is 0 Å². The molecule has 0 aromatic heterocycles. The molecule has 0 aromatic rings. The van der Waals surface area contributed by atoms with E-state index in [0.29, 0.717) is 0 Å². The van der Waals surface area contributed by atoms with E-state index in [4.69, 9.17) is 5.26 Å². The van der Waals surface area contributed by atoms with Crippen LogP contribution in [0, 0.1) is 16.7 Å². The maximum atomic E-state index is 9.07. The number of unbranched alkanes of at least 4 members (excludes halogenated alkanes) is 1. The molecule has 14 heavy (non-hydrogen) atoms. The Kier molecular flexibility index (Phi) is 5.95. The van der Waals surface area contributed by atoms with E-state index < -0.39 is 0 Å². The van der Waals surface area contributed by atoms with Crippen LogP contribution in [0.2, 0.25) is 0 Å². The Bertz CT molecular complexity index is 251. The van der Waals surface area contributed by atoms with Crippen molar-refractivity contribution in [1.29, 1.82) is 5.26 Å². The molecule has 0 heterocycles. The number of allylic oxidation sites excluding steroid dienone is 4. The van der Waals surface area contributed by atoms with Gasteiger partial charge in [0, 0.05) is 0 Å². The van der Waals surface area contributed by atoms with E-state index in [1.165, 1.54) is 5.57 Å². The first-order valence-corrected chi connectivity index (χ1v) is 5.26. The number of hydrogen-bond acceptors (Lipinski definition) is 1. The number of rotatable bonds is 5. The molecule has 0 spiro atoms. The summed E-state index contributed by atoms with van der Waals surface area (Å²) in [5.74, 6) is 0. The van der Waals surface area contributed by atoms with Gasteiger partial charge in [-0.2, -0.15) is 5.26 Å². The van der Waals surface area contributed by atoms with Gasteiger partial charge in [-0.3, -0.25) is 0 Å². The van der Waals surface area contributed by atoms with Crippen LogP contribution in [0.5, 0.6) is 0 Å². The third-order valence-electron chi connectivity index (χ3n) is 2.13. The number of nitriles is 1. The van der Waals surface area contributed by atoms with E-state index in [9.17, 15) is 0 Å². The molecule has 1 unspecified atom stereocenters. The molecular weight excluding hydrogens is 170 g/mol. The minimum Gasteiger partial charge on any atom is -0.197 e. The smallest absolute Gasteiger partial charge is 0.0759 e. The molecule has 0 aliphatic carbocycles. The predicted octanol–water partition coefficient (Wildman–Crippen LogP) is 4.23. The Morgan fingerprint density at radius 3 is 2.50 bits per heavy atom.